The number of carboxylic acids is 1. The number of rotatable bonds is 3. The molecule has 0 aromatic heterocycles. The average Bonchev–Trinajstić information content (AvgIpc) is 2.45. The van der Waals surface area contributed by atoms with E-state index in [1.165, 1.54) is 12.1 Å². The summed E-state index contributed by atoms with van der Waals surface area (Å²) >= 11 is 0. The van der Waals surface area contributed by atoms with Crippen LogP contribution in [0.4, 0.5) is 4.39 Å². The average molecular weight is 312 g/mol. The molecular weight excluding hydrogens is 295 g/mol. The fraction of sp³-hybridized carbons (Fsp3) is 0.533. The number of benzene rings is 1. The van der Waals surface area contributed by atoms with Gasteiger partial charge in [0.25, 0.3) is 0 Å². The quantitative estimate of drug-likeness (QED) is 0.932. The van der Waals surface area contributed by atoms with Crippen molar-refractivity contribution in [1.82, 2.24) is 0 Å². The number of aromatic carboxylic acids is 1. The zero-order chi connectivity index (χ0) is 15.0. The Morgan fingerprint density at radius 1 is 1.43 bits per heavy atom. The van der Waals surface area contributed by atoms with Gasteiger partial charge in [-0.3, -0.25) is 4.21 Å². The molecule has 3 rings (SSSR count). The zero-order valence-electron chi connectivity index (χ0n) is 11.5. The molecule has 0 radical (unpaired) electrons. The summed E-state index contributed by atoms with van der Waals surface area (Å²) in [5, 5.41) is 8.81. The number of carbonyl (C=O) groups is 1. The predicted octanol–water partition coefficient (Wildman–Crippen LogP) is 2.73. The first-order valence-electron chi connectivity index (χ1n) is 7.08. The summed E-state index contributed by atoms with van der Waals surface area (Å²) in [4.78, 5) is 11.0. The van der Waals surface area contributed by atoms with Crippen LogP contribution < -0.4 is 0 Å². The maximum atomic E-state index is 13.9. The van der Waals surface area contributed by atoms with Gasteiger partial charge in [-0.15, -0.1) is 0 Å². The minimum atomic E-state index is -1.54. The van der Waals surface area contributed by atoms with E-state index in [1.807, 2.05) is 0 Å². The van der Waals surface area contributed by atoms with E-state index in [9.17, 15) is 13.4 Å². The van der Waals surface area contributed by atoms with E-state index < -0.39 is 22.6 Å². The molecule has 2 aliphatic rings. The molecule has 1 aliphatic heterocycles. The molecule has 2 fully saturated rings. The van der Waals surface area contributed by atoms with Gasteiger partial charge in [-0.1, -0.05) is 0 Å². The van der Waals surface area contributed by atoms with Crippen LogP contribution in [0.1, 0.15) is 42.5 Å². The fourth-order valence-electron chi connectivity index (χ4n) is 3.06. The summed E-state index contributed by atoms with van der Waals surface area (Å²) < 4.78 is 32.3. The Morgan fingerprint density at radius 3 is 2.81 bits per heavy atom. The van der Waals surface area contributed by atoms with Crippen molar-refractivity contribution in [3.63, 3.8) is 0 Å². The van der Waals surface area contributed by atoms with Gasteiger partial charge < -0.3 is 9.84 Å². The molecule has 4 nitrogen and oxygen atoms in total. The summed E-state index contributed by atoms with van der Waals surface area (Å²) in [6.07, 6.45) is 4.33. The molecule has 0 amide bonds. The topological polar surface area (TPSA) is 63.6 Å². The van der Waals surface area contributed by atoms with E-state index in [0.29, 0.717) is 19.4 Å². The van der Waals surface area contributed by atoms with Crippen molar-refractivity contribution in [2.45, 2.75) is 47.9 Å². The van der Waals surface area contributed by atoms with Crippen molar-refractivity contribution in [1.29, 1.82) is 0 Å². The highest BCUT2D eigenvalue weighted by molar-refractivity contribution is 7.85. The molecule has 114 valence electrons. The maximum Gasteiger partial charge on any atom is 0.335 e. The Kier molecular flexibility index (Phi) is 3.84. The van der Waals surface area contributed by atoms with Crippen LogP contribution in [0.5, 0.6) is 0 Å². The molecule has 1 aromatic rings. The lowest BCUT2D eigenvalue weighted by atomic mass is 9.75. The SMILES string of the molecule is O=C(O)c1ccc(F)c(S(=O)C2CCOC3(CCC3)C2)c1. The highest BCUT2D eigenvalue weighted by atomic mass is 32.2. The van der Waals surface area contributed by atoms with Crippen molar-refractivity contribution >= 4 is 16.8 Å². The number of ether oxygens (including phenoxy) is 1. The number of hydrogen-bond donors (Lipinski definition) is 1. The second kappa shape index (κ2) is 5.50. The van der Waals surface area contributed by atoms with Gasteiger partial charge in [0.05, 0.1) is 26.9 Å². The van der Waals surface area contributed by atoms with Gasteiger partial charge in [-0.05, 0) is 50.3 Å². The zero-order valence-corrected chi connectivity index (χ0v) is 12.3. The lowest BCUT2D eigenvalue weighted by molar-refractivity contribution is -0.125. The summed E-state index contributed by atoms with van der Waals surface area (Å²) in [5.41, 5.74) is -0.204. The van der Waals surface area contributed by atoms with Gasteiger partial charge in [-0.2, -0.15) is 0 Å². The van der Waals surface area contributed by atoms with E-state index >= 15 is 0 Å². The Morgan fingerprint density at radius 2 is 2.19 bits per heavy atom. The standard InChI is InChI=1S/C15H17FO4S/c16-12-3-2-10(14(17)18)8-13(12)21(19)11-4-7-20-15(9-11)5-1-6-15/h2-3,8,11H,1,4-7,9H2,(H,17,18). The summed E-state index contributed by atoms with van der Waals surface area (Å²) in [7, 11) is -1.54. The summed E-state index contributed by atoms with van der Waals surface area (Å²) in [6.45, 7) is 0.538. The monoisotopic (exact) mass is 312 g/mol. The molecule has 1 spiro atoms. The van der Waals surface area contributed by atoms with Crippen LogP contribution in [0, 0.1) is 5.82 Å². The third-order valence-corrected chi connectivity index (χ3v) is 6.16. The van der Waals surface area contributed by atoms with Crippen LogP contribution >= 0.6 is 0 Å². The second-order valence-corrected chi connectivity index (χ2v) is 7.45. The van der Waals surface area contributed by atoms with Gasteiger partial charge in [-0.25, -0.2) is 9.18 Å². The first-order valence-corrected chi connectivity index (χ1v) is 8.29. The second-order valence-electron chi connectivity index (χ2n) is 5.75. The first-order chi connectivity index (χ1) is 10.0. The third-order valence-electron chi connectivity index (χ3n) is 4.41. The molecular formula is C15H17FO4S. The molecule has 21 heavy (non-hydrogen) atoms. The largest absolute Gasteiger partial charge is 0.478 e. The van der Waals surface area contributed by atoms with E-state index in [1.54, 1.807) is 0 Å². The van der Waals surface area contributed by atoms with Gasteiger partial charge >= 0.3 is 5.97 Å². The van der Waals surface area contributed by atoms with Crippen LogP contribution in [0.2, 0.25) is 0 Å². The highest BCUT2D eigenvalue weighted by Crippen LogP contribution is 2.44. The molecule has 0 bridgehead atoms. The number of halogens is 1. The molecule has 2 unspecified atom stereocenters. The van der Waals surface area contributed by atoms with Gasteiger partial charge in [0.2, 0.25) is 0 Å². The smallest absolute Gasteiger partial charge is 0.335 e. The van der Waals surface area contributed by atoms with Gasteiger partial charge in [0, 0.05) is 11.9 Å². The van der Waals surface area contributed by atoms with Crippen molar-refractivity contribution in [3.8, 4) is 0 Å². The molecule has 1 saturated carbocycles. The van der Waals surface area contributed by atoms with E-state index in [4.69, 9.17) is 9.84 Å². The lowest BCUT2D eigenvalue weighted by Gasteiger charge is -2.46. The van der Waals surface area contributed by atoms with E-state index in [-0.39, 0.29) is 21.3 Å². The van der Waals surface area contributed by atoms with Crippen LogP contribution in [-0.4, -0.2) is 32.7 Å². The molecule has 6 heteroatoms. The Labute approximate surface area is 124 Å². The van der Waals surface area contributed by atoms with Crippen molar-refractivity contribution < 1.29 is 23.2 Å². The number of hydrogen-bond acceptors (Lipinski definition) is 3. The Balaban J connectivity index is 1.84. The lowest BCUT2D eigenvalue weighted by Crippen LogP contribution is -2.48. The molecule has 1 aliphatic carbocycles. The molecule has 1 aromatic carbocycles. The maximum absolute atomic E-state index is 13.9. The molecule has 1 heterocycles. The third kappa shape index (κ3) is 2.74. The normalized spacial score (nSPS) is 25.3. The fourth-order valence-corrected chi connectivity index (χ4v) is 4.68. The van der Waals surface area contributed by atoms with Crippen molar-refractivity contribution in [3.05, 3.63) is 29.6 Å². The highest BCUT2D eigenvalue weighted by Gasteiger charge is 2.44. The first kappa shape index (κ1) is 14.7. The van der Waals surface area contributed by atoms with Crippen LogP contribution in [0.15, 0.2) is 23.1 Å². The van der Waals surface area contributed by atoms with Crippen molar-refractivity contribution in [2.24, 2.45) is 0 Å². The molecule has 2 atom stereocenters. The van der Waals surface area contributed by atoms with Gasteiger partial charge in [0.15, 0.2) is 0 Å². The predicted molar refractivity (Wildman–Crippen MR) is 75.3 cm³/mol. The van der Waals surface area contributed by atoms with E-state index in [2.05, 4.69) is 0 Å². The Bertz CT molecular complexity index is 597. The Hall–Kier alpha value is -1.27. The molecule has 1 N–H and O–H groups in total. The van der Waals surface area contributed by atoms with Crippen LogP contribution in [0.3, 0.4) is 0 Å². The van der Waals surface area contributed by atoms with Gasteiger partial charge in [0.1, 0.15) is 5.82 Å². The minimum Gasteiger partial charge on any atom is -0.478 e. The number of carboxylic acid groups (broad SMARTS) is 1. The van der Waals surface area contributed by atoms with Crippen LogP contribution in [0.25, 0.3) is 0 Å². The summed E-state index contributed by atoms with van der Waals surface area (Å²) in [6, 6.07) is 3.46. The minimum absolute atomic E-state index is 0.00345. The van der Waals surface area contributed by atoms with E-state index in [0.717, 1.165) is 25.3 Å². The molecule has 1 saturated heterocycles. The summed E-state index contributed by atoms with van der Waals surface area (Å²) in [5.74, 6) is -1.75. The van der Waals surface area contributed by atoms with Crippen molar-refractivity contribution in [2.75, 3.05) is 6.61 Å². The van der Waals surface area contributed by atoms with Crippen LogP contribution in [-0.2, 0) is 15.5 Å².